The molecule has 0 unspecified atom stereocenters. The summed E-state index contributed by atoms with van der Waals surface area (Å²) >= 11 is 0. The number of hydrogen-bond acceptors (Lipinski definition) is 4. The van der Waals surface area contributed by atoms with Gasteiger partial charge in [0.25, 0.3) is 0 Å². The minimum absolute atomic E-state index is 0.107. The van der Waals surface area contributed by atoms with E-state index in [1.54, 1.807) is 0 Å². The number of allylic oxidation sites excluding steroid dienone is 1. The second-order valence-electron chi connectivity index (χ2n) is 8.86. The number of benzene rings is 2. The van der Waals surface area contributed by atoms with E-state index in [1.165, 1.54) is 24.3 Å². The normalized spacial score (nSPS) is 15.1. The number of aliphatic carboxylic acids is 1. The van der Waals surface area contributed by atoms with Crippen LogP contribution in [0.15, 0.2) is 69.2 Å². The van der Waals surface area contributed by atoms with Crippen LogP contribution in [0, 0.1) is 18.8 Å². The molecule has 1 heterocycles. The molecular formula is C26H28N4O4. The molecule has 3 aromatic rings. The zero-order chi connectivity index (χ0) is 24.2. The number of hydrogen-bond donors (Lipinski definition) is 2. The van der Waals surface area contributed by atoms with Gasteiger partial charge >= 0.3 is 17.3 Å². The SMILES string of the molecule is Cc1ccc(Cn2c(=O)n(C[C@H](C)C(=O)O)c(=O)[nH]/c2=N\c2ccc(/C=C/C3CC3)cc2)cc1. The van der Waals surface area contributed by atoms with Gasteiger partial charge in [0.15, 0.2) is 0 Å². The van der Waals surface area contributed by atoms with Gasteiger partial charge in [0, 0.05) is 6.54 Å². The van der Waals surface area contributed by atoms with E-state index in [0.717, 1.165) is 21.3 Å². The van der Waals surface area contributed by atoms with Crippen LogP contribution in [0.3, 0.4) is 0 Å². The van der Waals surface area contributed by atoms with Gasteiger partial charge in [-0.1, -0.05) is 61.0 Å². The fourth-order valence-corrected chi connectivity index (χ4v) is 3.49. The molecule has 2 aromatic carbocycles. The molecule has 0 spiro atoms. The molecule has 0 amide bonds. The van der Waals surface area contributed by atoms with Crippen molar-refractivity contribution in [2.45, 2.75) is 39.8 Å². The third-order valence-corrected chi connectivity index (χ3v) is 5.83. The molecule has 4 rings (SSSR count). The monoisotopic (exact) mass is 460 g/mol. The van der Waals surface area contributed by atoms with Crippen LogP contribution in [0.2, 0.25) is 0 Å². The number of nitrogens with zero attached hydrogens (tertiary/aromatic N) is 3. The van der Waals surface area contributed by atoms with E-state index >= 15 is 0 Å². The summed E-state index contributed by atoms with van der Waals surface area (Å²) in [5, 5.41) is 9.24. The summed E-state index contributed by atoms with van der Waals surface area (Å²) in [5.41, 5.74) is 2.40. The first-order chi connectivity index (χ1) is 16.3. The van der Waals surface area contributed by atoms with Gasteiger partial charge in [0.1, 0.15) is 0 Å². The predicted octanol–water partition coefficient (Wildman–Crippen LogP) is 3.07. The van der Waals surface area contributed by atoms with E-state index in [1.807, 2.05) is 55.5 Å². The molecule has 8 heteroatoms. The molecule has 0 saturated heterocycles. The van der Waals surface area contributed by atoms with Crippen molar-refractivity contribution in [3.8, 4) is 0 Å². The van der Waals surface area contributed by atoms with E-state index in [-0.39, 0.29) is 18.7 Å². The van der Waals surface area contributed by atoms with Crippen molar-refractivity contribution in [3.63, 3.8) is 0 Å². The molecule has 1 fully saturated rings. The number of aryl methyl sites for hydroxylation is 1. The molecular weight excluding hydrogens is 432 g/mol. The van der Waals surface area contributed by atoms with E-state index in [4.69, 9.17) is 0 Å². The Morgan fingerprint density at radius 2 is 1.79 bits per heavy atom. The third kappa shape index (κ3) is 5.70. The van der Waals surface area contributed by atoms with Crippen LogP contribution >= 0.6 is 0 Å². The highest BCUT2D eigenvalue weighted by atomic mass is 16.4. The van der Waals surface area contributed by atoms with E-state index in [0.29, 0.717) is 11.6 Å². The first kappa shape index (κ1) is 23.2. The Hall–Kier alpha value is -3.94. The highest BCUT2D eigenvalue weighted by Gasteiger charge is 2.18. The lowest BCUT2D eigenvalue weighted by Crippen LogP contribution is -2.51. The summed E-state index contributed by atoms with van der Waals surface area (Å²) in [4.78, 5) is 44.5. The number of rotatable bonds is 8. The van der Waals surface area contributed by atoms with Crippen molar-refractivity contribution in [1.29, 1.82) is 0 Å². The molecule has 8 nitrogen and oxygen atoms in total. The Bertz CT molecular complexity index is 1390. The van der Waals surface area contributed by atoms with Crippen molar-refractivity contribution in [2.75, 3.05) is 0 Å². The average Bonchev–Trinajstić information content (AvgIpc) is 3.64. The maximum atomic E-state index is 13.3. The van der Waals surface area contributed by atoms with Gasteiger partial charge in [-0.2, -0.15) is 0 Å². The maximum absolute atomic E-state index is 13.3. The molecule has 0 aliphatic heterocycles. The van der Waals surface area contributed by atoms with Gasteiger partial charge in [-0.3, -0.25) is 14.3 Å². The smallest absolute Gasteiger partial charge is 0.335 e. The van der Waals surface area contributed by atoms with E-state index in [9.17, 15) is 19.5 Å². The molecule has 0 bridgehead atoms. The highest BCUT2D eigenvalue weighted by molar-refractivity contribution is 5.69. The standard InChI is InChI=1S/C26H28N4O4/c1-17-3-5-21(6-4-17)16-29-24(28-25(33)30(26(29)34)15-18(2)23(31)32)27-22-13-11-20(12-14-22)10-9-19-7-8-19/h3-6,9-14,18-19H,7-8,15-16H2,1-2H3,(H,31,32)(H,27,28,33)/b10-9+/t18-/m0/s1. The Morgan fingerprint density at radius 3 is 2.41 bits per heavy atom. The second kappa shape index (κ2) is 9.91. The van der Waals surface area contributed by atoms with Crippen LogP contribution in [0.4, 0.5) is 5.69 Å². The highest BCUT2D eigenvalue weighted by Crippen LogP contribution is 2.30. The van der Waals surface area contributed by atoms with Crippen LogP contribution in [-0.2, 0) is 17.9 Å². The third-order valence-electron chi connectivity index (χ3n) is 5.83. The molecule has 1 aliphatic carbocycles. The van der Waals surface area contributed by atoms with Gasteiger partial charge in [0.2, 0.25) is 5.62 Å². The predicted molar refractivity (Wildman–Crippen MR) is 130 cm³/mol. The summed E-state index contributed by atoms with van der Waals surface area (Å²) < 4.78 is 2.28. The maximum Gasteiger partial charge on any atom is 0.335 e. The van der Waals surface area contributed by atoms with Crippen LogP contribution in [0.1, 0.15) is 36.5 Å². The Morgan fingerprint density at radius 1 is 1.12 bits per heavy atom. The number of carboxylic acid groups (broad SMARTS) is 1. The lowest BCUT2D eigenvalue weighted by atomic mass is 10.1. The lowest BCUT2D eigenvalue weighted by molar-refractivity contribution is -0.141. The molecule has 2 N–H and O–H groups in total. The summed E-state index contributed by atoms with van der Waals surface area (Å²) in [6.07, 6.45) is 6.78. The largest absolute Gasteiger partial charge is 0.481 e. The number of H-pyrrole nitrogens is 1. The Labute approximate surface area is 196 Å². The first-order valence-corrected chi connectivity index (χ1v) is 11.4. The number of aromatic amines is 1. The Balaban J connectivity index is 1.76. The van der Waals surface area contributed by atoms with Gasteiger partial charge in [-0.25, -0.2) is 19.1 Å². The van der Waals surface area contributed by atoms with Crippen LogP contribution in [0.25, 0.3) is 6.08 Å². The van der Waals surface area contributed by atoms with Crippen LogP contribution in [-0.4, -0.2) is 25.2 Å². The van der Waals surface area contributed by atoms with Crippen molar-refractivity contribution in [2.24, 2.45) is 16.8 Å². The van der Waals surface area contributed by atoms with E-state index in [2.05, 4.69) is 22.1 Å². The van der Waals surface area contributed by atoms with Gasteiger partial charge in [-0.15, -0.1) is 0 Å². The second-order valence-corrected chi connectivity index (χ2v) is 8.86. The molecule has 1 aromatic heterocycles. The van der Waals surface area contributed by atoms with E-state index < -0.39 is 23.3 Å². The molecule has 1 atom stereocenters. The summed E-state index contributed by atoms with van der Waals surface area (Å²) in [5.74, 6) is -1.29. The first-order valence-electron chi connectivity index (χ1n) is 11.4. The average molecular weight is 461 g/mol. The number of nitrogens with one attached hydrogen (secondary N) is 1. The zero-order valence-corrected chi connectivity index (χ0v) is 19.3. The molecule has 1 aliphatic rings. The minimum Gasteiger partial charge on any atom is -0.481 e. The minimum atomic E-state index is -1.08. The van der Waals surface area contributed by atoms with Crippen LogP contribution < -0.4 is 17.0 Å². The molecule has 176 valence electrons. The zero-order valence-electron chi connectivity index (χ0n) is 19.3. The van der Waals surface area contributed by atoms with Crippen molar-refractivity contribution >= 4 is 17.7 Å². The van der Waals surface area contributed by atoms with Gasteiger partial charge in [-0.05, 0) is 48.9 Å². The summed E-state index contributed by atoms with van der Waals surface area (Å²) in [6, 6.07) is 15.2. The van der Waals surface area contributed by atoms with Crippen molar-refractivity contribution in [3.05, 3.63) is 97.9 Å². The number of carbonyl (C=O) groups is 1. The molecule has 34 heavy (non-hydrogen) atoms. The number of aromatic nitrogens is 3. The molecule has 0 radical (unpaired) electrons. The summed E-state index contributed by atoms with van der Waals surface area (Å²) in [6.45, 7) is 3.37. The van der Waals surface area contributed by atoms with Gasteiger partial charge in [0.05, 0.1) is 18.2 Å². The van der Waals surface area contributed by atoms with Crippen molar-refractivity contribution < 1.29 is 9.90 Å². The van der Waals surface area contributed by atoms with Crippen LogP contribution in [0.5, 0.6) is 0 Å². The number of carboxylic acids is 1. The fourth-order valence-electron chi connectivity index (χ4n) is 3.49. The summed E-state index contributed by atoms with van der Waals surface area (Å²) in [7, 11) is 0. The van der Waals surface area contributed by atoms with Gasteiger partial charge < -0.3 is 5.11 Å². The van der Waals surface area contributed by atoms with Crippen molar-refractivity contribution in [1.82, 2.24) is 14.1 Å². The topological polar surface area (TPSA) is 109 Å². The Kier molecular flexibility index (Phi) is 6.77. The fraction of sp³-hybridized carbons (Fsp3) is 0.308. The molecule has 1 saturated carbocycles. The lowest BCUT2D eigenvalue weighted by Gasteiger charge is -2.13. The quantitative estimate of drug-likeness (QED) is 0.538.